The van der Waals surface area contributed by atoms with Crippen LogP contribution in [-0.2, 0) is 6.42 Å². The van der Waals surface area contributed by atoms with Crippen molar-refractivity contribution < 1.29 is 4.42 Å². The lowest BCUT2D eigenvalue weighted by Crippen LogP contribution is -2.02. The predicted molar refractivity (Wildman–Crippen MR) is 67.2 cm³/mol. The number of nitrogens with two attached hydrogens (primary N) is 1. The average Bonchev–Trinajstić information content (AvgIpc) is 2.93. The van der Waals surface area contributed by atoms with E-state index in [1.54, 1.807) is 12.1 Å². The van der Waals surface area contributed by atoms with E-state index in [1.165, 1.54) is 0 Å². The molecule has 4 N–H and O–H groups in total. The molecule has 6 nitrogen and oxygen atoms in total. The minimum atomic E-state index is -0.451. The van der Waals surface area contributed by atoms with Crippen LogP contribution in [0.5, 0.6) is 0 Å². The lowest BCUT2D eigenvalue weighted by atomic mass is 10.1. The highest BCUT2D eigenvalue weighted by molar-refractivity contribution is 5.78. The summed E-state index contributed by atoms with van der Waals surface area (Å²) in [7, 11) is 0. The van der Waals surface area contributed by atoms with Gasteiger partial charge < -0.3 is 10.2 Å². The average molecular weight is 244 g/mol. The number of fused-ring (bicyclic) bond motifs is 1. The Morgan fingerprint density at radius 2 is 2.22 bits per heavy atom. The van der Waals surface area contributed by atoms with E-state index in [0.29, 0.717) is 17.6 Å². The maximum Gasteiger partial charge on any atom is 0.417 e. The number of hydrogen-bond acceptors (Lipinski definition) is 4. The molecule has 0 aliphatic carbocycles. The van der Waals surface area contributed by atoms with Gasteiger partial charge in [0, 0.05) is 17.7 Å². The molecule has 0 atom stereocenters. The molecule has 2 aromatic heterocycles. The smallest absolute Gasteiger partial charge is 0.408 e. The third kappa shape index (κ3) is 1.82. The van der Waals surface area contributed by atoms with Gasteiger partial charge in [0.25, 0.3) is 0 Å². The van der Waals surface area contributed by atoms with Crippen LogP contribution in [0.25, 0.3) is 22.4 Å². The molecular formula is C12H12N4O2. The Hall–Kier alpha value is -2.34. The van der Waals surface area contributed by atoms with Crippen LogP contribution in [0.4, 0.5) is 0 Å². The molecule has 92 valence electrons. The van der Waals surface area contributed by atoms with Crippen molar-refractivity contribution in [3.8, 4) is 11.3 Å². The third-order valence-electron chi connectivity index (χ3n) is 2.76. The van der Waals surface area contributed by atoms with Gasteiger partial charge in [-0.15, -0.1) is 0 Å². The van der Waals surface area contributed by atoms with Crippen LogP contribution in [0.3, 0.4) is 0 Å². The summed E-state index contributed by atoms with van der Waals surface area (Å²) in [5.74, 6) is -0.451. The summed E-state index contributed by atoms with van der Waals surface area (Å²) in [6.07, 6.45) is 0.758. The summed E-state index contributed by atoms with van der Waals surface area (Å²) in [5, 5.41) is 7.14. The van der Waals surface area contributed by atoms with Crippen molar-refractivity contribution in [2.24, 2.45) is 5.73 Å². The molecule has 0 spiro atoms. The summed E-state index contributed by atoms with van der Waals surface area (Å²) in [5.41, 5.74) is 9.39. The van der Waals surface area contributed by atoms with E-state index in [1.807, 2.05) is 12.1 Å². The molecule has 2 heterocycles. The molecule has 1 aromatic carbocycles. The van der Waals surface area contributed by atoms with Crippen LogP contribution in [0.15, 0.2) is 33.5 Å². The molecule has 3 aromatic rings. The molecule has 0 bridgehead atoms. The molecule has 0 aliphatic rings. The van der Waals surface area contributed by atoms with Crippen LogP contribution >= 0.6 is 0 Å². The molecule has 0 amide bonds. The highest BCUT2D eigenvalue weighted by Crippen LogP contribution is 2.22. The second kappa shape index (κ2) is 4.15. The Balaban J connectivity index is 2.04. The first kappa shape index (κ1) is 10.8. The fraction of sp³-hybridized carbons (Fsp3) is 0.167. The highest BCUT2D eigenvalue weighted by atomic mass is 16.4. The Kier molecular flexibility index (Phi) is 2.49. The van der Waals surface area contributed by atoms with Crippen molar-refractivity contribution in [2.75, 3.05) is 6.54 Å². The van der Waals surface area contributed by atoms with Crippen molar-refractivity contribution in [1.82, 2.24) is 15.2 Å². The Bertz CT molecular complexity index is 738. The minimum absolute atomic E-state index is 0.451. The van der Waals surface area contributed by atoms with Crippen LogP contribution < -0.4 is 11.5 Å². The van der Waals surface area contributed by atoms with Crippen molar-refractivity contribution in [1.29, 1.82) is 0 Å². The third-order valence-corrected chi connectivity index (χ3v) is 2.76. The van der Waals surface area contributed by atoms with Crippen LogP contribution in [0, 0.1) is 0 Å². The van der Waals surface area contributed by atoms with Crippen molar-refractivity contribution in [3.05, 3.63) is 40.5 Å². The molecule has 0 unspecified atom stereocenters. The number of rotatable bonds is 3. The van der Waals surface area contributed by atoms with Crippen molar-refractivity contribution in [2.45, 2.75) is 6.42 Å². The monoisotopic (exact) mass is 244 g/mol. The molecule has 3 rings (SSSR count). The van der Waals surface area contributed by atoms with Crippen molar-refractivity contribution in [3.63, 3.8) is 0 Å². The maximum atomic E-state index is 11.1. The van der Waals surface area contributed by atoms with E-state index in [4.69, 9.17) is 10.2 Å². The van der Waals surface area contributed by atoms with E-state index >= 15 is 0 Å². The predicted octanol–water partition coefficient (Wildman–Crippen LogP) is 1.01. The van der Waals surface area contributed by atoms with E-state index in [9.17, 15) is 4.79 Å². The number of nitrogens with zero attached hydrogens (tertiary/aromatic N) is 1. The molecule has 0 saturated carbocycles. The fourth-order valence-electron chi connectivity index (χ4n) is 1.90. The topological polar surface area (TPSA) is 101 Å². The lowest BCUT2D eigenvalue weighted by molar-refractivity contribution is 0.555. The van der Waals surface area contributed by atoms with Gasteiger partial charge >= 0.3 is 5.76 Å². The number of aromatic amines is 2. The van der Waals surface area contributed by atoms with E-state index < -0.39 is 5.76 Å². The summed E-state index contributed by atoms with van der Waals surface area (Å²) in [4.78, 5) is 13.7. The Morgan fingerprint density at radius 3 is 3.06 bits per heavy atom. The number of benzene rings is 1. The number of hydrogen-bond donors (Lipinski definition) is 3. The quantitative estimate of drug-likeness (QED) is 0.640. The summed E-state index contributed by atoms with van der Waals surface area (Å²) in [6.45, 7) is 0.577. The fourth-order valence-corrected chi connectivity index (χ4v) is 1.90. The van der Waals surface area contributed by atoms with Crippen LogP contribution in [-0.4, -0.2) is 21.7 Å². The van der Waals surface area contributed by atoms with Gasteiger partial charge in [0.05, 0.1) is 11.2 Å². The van der Waals surface area contributed by atoms with Crippen molar-refractivity contribution >= 4 is 11.1 Å². The first-order chi connectivity index (χ1) is 8.76. The number of H-pyrrole nitrogens is 2. The first-order valence-electron chi connectivity index (χ1n) is 5.64. The second-order valence-corrected chi connectivity index (χ2v) is 4.04. The molecule has 0 fully saturated rings. The summed E-state index contributed by atoms with van der Waals surface area (Å²) < 4.78 is 5.02. The molecule has 6 heteroatoms. The van der Waals surface area contributed by atoms with Gasteiger partial charge in [0.15, 0.2) is 5.58 Å². The first-order valence-corrected chi connectivity index (χ1v) is 5.64. The number of aromatic nitrogens is 3. The molecule has 0 saturated heterocycles. The number of oxazole rings is 1. The zero-order chi connectivity index (χ0) is 12.5. The lowest BCUT2D eigenvalue weighted by Gasteiger charge is -1.94. The van der Waals surface area contributed by atoms with Gasteiger partial charge in [-0.2, -0.15) is 5.10 Å². The summed E-state index contributed by atoms with van der Waals surface area (Å²) >= 11 is 0. The Labute approximate surface area is 102 Å². The zero-order valence-electron chi connectivity index (χ0n) is 9.56. The number of nitrogens with one attached hydrogen (secondary N) is 2. The highest BCUT2D eigenvalue weighted by Gasteiger charge is 2.07. The van der Waals surface area contributed by atoms with E-state index in [0.717, 1.165) is 23.4 Å². The van der Waals surface area contributed by atoms with Gasteiger partial charge in [-0.3, -0.25) is 10.1 Å². The normalized spacial score (nSPS) is 11.2. The van der Waals surface area contributed by atoms with Gasteiger partial charge in [-0.25, -0.2) is 4.79 Å². The standard InChI is InChI=1S/C12H12N4O2/c13-4-3-8-6-10(16-15-8)7-1-2-9-11(5-7)18-12(17)14-9/h1-2,5-6H,3-4,13H2,(H,14,17)(H,15,16). The van der Waals surface area contributed by atoms with E-state index in [2.05, 4.69) is 15.2 Å². The Morgan fingerprint density at radius 1 is 1.33 bits per heavy atom. The van der Waals surface area contributed by atoms with E-state index in [-0.39, 0.29) is 0 Å². The molecule has 18 heavy (non-hydrogen) atoms. The largest absolute Gasteiger partial charge is 0.417 e. The summed E-state index contributed by atoms with van der Waals surface area (Å²) in [6, 6.07) is 7.41. The minimum Gasteiger partial charge on any atom is -0.408 e. The van der Waals surface area contributed by atoms with Gasteiger partial charge in [0.2, 0.25) is 0 Å². The van der Waals surface area contributed by atoms with Gasteiger partial charge in [0.1, 0.15) is 0 Å². The molecular weight excluding hydrogens is 232 g/mol. The van der Waals surface area contributed by atoms with Gasteiger partial charge in [-0.1, -0.05) is 6.07 Å². The van der Waals surface area contributed by atoms with Crippen LogP contribution in [0.2, 0.25) is 0 Å². The molecule has 0 radical (unpaired) electrons. The zero-order valence-corrected chi connectivity index (χ0v) is 9.56. The SMILES string of the molecule is NCCc1cc(-c2ccc3[nH]c(=O)oc3c2)n[nH]1. The van der Waals surface area contributed by atoms with Gasteiger partial charge in [-0.05, 0) is 24.7 Å². The maximum absolute atomic E-state index is 11.1. The van der Waals surface area contributed by atoms with Crippen LogP contribution in [0.1, 0.15) is 5.69 Å². The molecule has 0 aliphatic heterocycles. The second-order valence-electron chi connectivity index (χ2n) is 4.04.